The summed E-state index contributed by atoms with van der Waals surface area (Å²) in [7, 11) is 3.11. The first-order chi connectivity index (χ1) is 18.3. The minimum atomic E-state index is -0.846. The second kappa shape index (κ2) is 11.5. The quantitative estimate of drug-likeness (QED) is 0.434. The molecule has 0 saturated heterocycles. The topological polar surface area (TPSA) is 119 Å². The highest BCUT2D eigenvalue weighted by Gasteiger charge is 2.38. The van der Waals surface area contributed by atoms with Crippen LogP contribution in [-0.2, 0) is 14.3 Å². The molecule has 9 nitrogen and oxygen atoms in total. The van der Waals surface area contributed by atoms with Crippen LogP contribution in [0.25, 0.3) is 11.0 Å². The molecule has 1 aromatic heterocycles. The van der Waals surface area contributed by atoms with Crippen molar-refractivity contribution in [1.29, 1.82) is 0 Å². The first-order valence-electron chi connectivity index (χ1n) is 11.9. The number of fused-ring (bicyclic) bond motifs is 1. The molecule has 0 spiro atoms. The molecule has 1 aliphatic rings. The monoisotopic (exact) mass is 536 g/mol. The fraction of sp³-hybridized carbons (Fsp3) is 0.250. The molecule has 2 N–H and O–H groups in total. The molecule has 0 saturated carbocycles. The number of benzene rings is 2. The molecule has 0 unspecified atom stereocenters. The molecule has 0 fully saturated rings. The lowest BCUT2D eigenvalue weighted by Gasteiger charge is -2.23. The van der Waals surface area contributed by atoms with E-state index in [4.69, 9.17) is 24.7 Å². The minimum absolute atomic E-state index is 0.0281. The molecule has 198 valence electrons. The first kappa shape index (κ1) is 26.9. The number of carbonyl (C=O) groups is 3. The van der Waals surface area contributed by atoms with Crippen molar-refractivity contribution in [3.63, 3.8) is 0 Å². The number of thioether (sulfide) groups is 1. The standard InChI is InChI=1S/C28H28N2O7S/c1-5-36-27(32)23-21(29)20(15-16-7-11-18(34-3)12-8-16)22-25(28(33)37-6-2)38-24(26(31)30(22)23)17-9-13-19(35-4)14-10-17/h7-15,24H,5-6,29H2,1-4H3/b20-15+/t24-/m0/s1. The van der Waals surface area contributed by atoms with Gasteiger partial charge >= 0.3 is 11.9 Å². The predicted molar refractivity (Wildman–Crippen MR) is 145 cm³/mol. The molecule has 4 rings (SSSR count). The summed E-state index contributed by atoms with van der Waals surface area (Å²) < 4.78 is 22.3. The van der Waals surface area contributed by atoms with Crippen LogP contribution in [0, 0.1) is 0 Å². The smallest absolute Gasteiger partial charge is 0.357 e. The highest BCUT2D eigenvalue weighted by Crippen LogP contribution is 2.40. The van der Waals surface area contributed by atoms with E-state index in [0.29, 0.717) is 22.3 Å². The van der Waals surface area contributed by atoms with E-state index < -0.39 is 23.1 Å². The number of hydrogen-bond donors (Lipinski definition) is 1. The van der Waals surface area contributed by atoms with Crippen LogP contribution in [0.15, 0.2) is 48.5 Å². The molecule has 0 radical (unpaired) electrons. The number of aromatic nitrogens is 1. The SMILES string of the molecule is CCOC(=O)C1=c2/c(=C/c3ccc(OC)cc3)c(N)c(C(=O)OCC)n2C(=O)[C@H](c2ccc(OC)cc2)S1. The van der Waals surface area contributed by atoms with Crippen LogP contribution < -0.4 is 25.8 Å². The molecular formula is C28H28N2O7S. The lowest BCUT2D eigenvalue weighted by Crippen LogP contribution is -2.42. The second-order valence-corrected chi connectivity index (χ2v) is 9.27. The minimum Gasteiger partial charge on any atom is -0.497 e. The van der Waals surface area contributed by atoms with Gasteiger partial charge < -0.3 is 24.7 Å². The van der Waals surface area contributed by atoms with Crippen LogP contribution in [0.5, 0.6) is 11.5 Å². The van der Waals surface area contributed by atoms with Gasteiger partial charge in [-0.3, -0.25) is 9.36 Å². The largest absolute Gasteiger partial charge is 0.497 e. The first-order valence-corrected chi connectivity index (χ1v) is 12.8. The summed E-state index contributed by atoms with van der Waals surface area (Å²) >= 11 is 1.06. The number of nitrogen functional groups attached to an aromatic ring is 1. The Morgan fingerprint density at radius 2 is 1.47 bits per heavy atom. The zero-order valence-corrected chi connectivity index (χ0v) is 22.3. The maximum Gasteiger partial charge on any atom is 0.357 e. The Hall–Kier alpha value is -4.18. The van der Waals surface area contributed by atoms with E-state index in [2.05, 4.69) is 0 Å². The Balaban J connectivity index is 2.04. The van der Waals surface area contributed by atoms with Gasteiger partial charge in [-0.2, -0.15) is 0 Å². The van der Waals surface area contributed by atoms with E-state index in [1.54, 1.807) is 82.7 Å². The maximum atomic E-state index is 14.0. The highest BCUT2D eigenvalue weighted by molar-refractivity contribution is 8.10. The lowest BCUT2D eigenvalue weighted by atomic mass is 10.1. The van der Waals surface area contributed by atoms with E-state index in [1.807, 2.05) is 0 Å². The number of nitrogens with two attached hydrogens (primary N) is 1. The second-order valence-electron chi connectivity index (χ2n) is 8.16. The Kier molecular flexibility index (Phi) is 8.11. The summed E-state index contributed by atoms with van der Waals surface area (Å²) in [6.07, 6.45) is 1.71. The van der Waals surface area contributed by atoms with Gasteiger partial charge in [0.25, 0.3) is 0 Å². The van der Waals surface area contributed by atoms with Crippen molar-refractivity contribution in [1.82, 2.24) is 4.57 Å². The number of esters is 2. The summed E-state index contributed by atoms with van der Waals surface area (Å²) in [5, 5.41) is -0.309. The molecule has 1 aliphatic heterocycles. The van der Waals surface area contributed by atoms with Gasteiger partial charge in [0, 0.05) is 5.22 Å². The van der Waals surface area contributed by atoms with E-state index in [9.17, 15) is 14.4 Å². The molecule has 0 bridgehead atoms. The number of nitrogens with zero attached hydrogens (tertiary/aromatic N) is 1. The number of anilines is 1. The van der Waals surface area contributed by atoms with Gasteiger partial charge in [-0.25, -0.2) is 9.59 Å². The van der Waals surface area contributed by atoms with Gasteiger partial charge in [-0.15, -0.1) is 0 Å². The van der Waals surface area contributed by atoms with E-state index in [1.165, 1.54) is 4.57 Å². The third-order valence-corrected chi connectivity index (χ3v) is 7.22. The fourth-order valence-electron chi connectivity index (χ4n) is 4.14. The predicted octanol–water partition coefficient (Wildman–Crippen LogP) is 2.89. The third-order valence-electron chi connectivity index (χ3n) is 5.92. The van der Waals surface area contributed by atoms with Crippen LogP contribution in [0.1, 0.15) is 45.5 Å². The molecule has 3 aromatic rings. The average Bonchev–Trinajstić information content (AvgIpc) is 3.22. The van der Waals surface area contributed by atoms with Crippen LogP contribution in [0.3, 0.4) is 0 Å². The molecule has 2 heterocycles. The number of ether oxygens (including phenoxy) is 4. The summed E-state index contributed by atoms with van der Waals surface area (Å²) in [6, 6.07) is 14.1. The van der Waals surface area contributed by atoms with Crippen LogP contribution in [0.4, 0.5) is 5.69 Å². The number of carbonyl (C=O) groups excluding carboxylic acids is 3. The Morgan fingerprint density at radius 1 is 0.921 bits per heavy atom. The van der Waals surface area contributed by atoms with E-state index in [0.717, 1.165) is 17.3 Å². The third kappa shape index (κ3) is 4.99. The molecule has 38 heavy (non-hydrogen) atoms. The van der Waals surface area contributed by atoms with Crippen molar-refractivity contribution >= 4 is 46.3 Å². The van der Waals surface area contributed by atoms with Crippen LogP contribution in [-0.4, -0.2) is 49.8 Å². The van der Waals surface area contributed by atoms with Crippen molar-refractivity contribution in [3.8, 4) is 11.5 Å². The molecule has 2 aromatic carbocycles. The molecule has 10 heteroatoms. The number of hydrogen-bond acceptors (Lipinski definition) is 9. The van der Waals surface area contributed by atoms with E-state index in [-0.39, 0.29) is 34.8 Å². The van der Waals surface area contributed by atoms with Crippen molar-refractivity contribution in [2.75, 3.05) is 33.2 Å². The lowest BCUT2D eigenvalue weighted by molar-refractivity contribution is -0.135. The highest BCUT2D eigenvalue weighted by atomic mass is 32.2. The zero-order chi connectivity index (χ0) is 27.4. The van der Waals surface area contributed by atoms with Crippen molar-refractivity contribution in [2.24, 2.45) is 0 Å². The zero-order valence-electron chi connectivity index (χ0n) is 21.5. The molecule has 1 atom stereocenters. The van der Waals surface area contributed by atoms with Gasteiger partial charge in [0.05, 0.1) is 38.5 Å². The molecule has 0 amide bonds. The number of methoxy groups -OCH3 is 2. The maximum absolute atomic E-state index is 14.0. The van der Waals surface area contributed by atoms with Gasteiger partial charge in [-0.1, -0.05) is 36.0 Å². The van der Waals surface area contributed by atoms with Crippen LogP contribution in [0.2, 0.25) is 0 Å². The Labute approximate surface area is 223 Å². The fourth-order valence-corrected chi connectivity index (χ4v) is 5.34. The van der Waals surface area contributed by atoms with Crippen molar-refractivity contribution in [3.05, 3.63) is 75.9 Å². The summed E-state index contributed by atoms with van der Waals surface area (Å²) in [5.74, 6) is -0.550. The summed E-state index contributed by atoms with van der Waals surface area (Å²) in [5.41, 5.74) is 7.76. The van der Waals surface area contributed by atoms with Crippen LogP contribution >= 0.6 is 11.8 Å². The Morgan fingerprint density at radius 3 is 2.03 bits per heavy atom. The summed E-state index contributed by atoms with van der Waals surface area (Å²) in [4.78, 5) is 40.5. The number of rotatable bonds is 8. The Bertz CT molecular complexity index is 1490. The van der Waals surface area contributed by atoms with E-state index >= 15 is 0 Å². The van der Waals surface area contributed by atoms with Crippen molar-refractivity contribution in [2.45, 2.75) is 19.1 Å². The van der Waals surface area contributed by atoms with Gasteiger partial charge in [0.2, 0.25) is 5.91 Å². The molecule has 0 aliphatic carbocycles. The average molecular weight is 537 g/mol. The molecular weight excluding hydrogens is 508 g/mol. The van der Waals surface area contributed by atoms with Gasteiger partial charge in [-0.05, 0) is 55.3 Å². The summed E-state index contributed by atoms with van der Waals surface area (Å²) in [6.45, 7) is 3.56. The normalized spacial score (nSPS) is 15.2. The van der Waals surface area contributed by atoms with Gasteiger partial charge in [0.15, 0.2) is 5.69 Å². The van der Waals surface area contributed by atoms with Gasteiger partial charge in [0.1, 0.15) is 21.7 Å². The van der Waals surface area contributed by atoms with Crippen molar-refractivity contribution < 1.29 is 33.3 Å².